The smallest absolute Gasteiger partial charge is 0.227 e. The van der Waals surface area contributed by atoms with Crippen molar-refractivity contribution in [1.82, 2.24) is 15.2 Å². The number of nitrogens with one attached hydrogen (secondary N) is 1. The molecule has 1 amide bonds. The lowest BCUT2D eigenvalue weighted by Gasteiger charge is -2.30. The van der Waals surface area contributed by atoms with E-state index in [0.29, 0.717) is 11.9 Å². The third-order valence-corrected chi connectivity index (χ3v) is 4.02. The van der Waals surface area contributed by atoms with E-state index in [9.17, 15) is 4.79 Å². The van der Waals surface area contributed by atoms with Crippen LogP contribution in [-0.4, -0.2) is 34.9 Å². The molecule has 4 heteroatoms. The summed E-state index contributed by atoms with van der Waals surface area (Å²) < 4.78 is 0. The average Bonchev–Trinajstić information content (AvgIpc) is 3.31. The molecule has 1 unspecified atom stereocenters. The fraction of sp³-hybridized carbons (Fsp3) is 0.600. The molecule has 0 spiro atoms. The van der Waals surface area contributed by atoms with Crippen molar-refractivity contribution >= 4 is 5.91 Å². The number of piperidine rings is 1. The Bertz CT molecular complexity index is 424. The summed E-state index contributed by atoms with van der Waals surface area (Å²) in [4.78, 5) is 18.8. The number of rotatable bonds is 4. The molecular formula is C15H21N3O. The summed E-state index contributed by atoms with van der Waals surface area (Å²) in [5, 5.41) is 3.34. The van der Waals surface area contributed by atoms with Crippen molar-refractivity contribution in [1.29, 1.82) is 0 Å². The van der Waals surface area contributed by atoms with E-state index in [0.717, 1.165) is 45.3 Å². The highest BCUT2D eigenvalue weighted by Crippen LogP contribution is 2.30. The lowest BCUT2D eigenvalue weighted by Crippen LogP contribution is -2.43. The summed E-state index contributed by atoms with van der Waals surface area (Å²) in [6.07, 6.45) is 8.07. The van der Waals surface area contributed by atoms with Crippen molar-refractivity contribution in [2.24, 2.45) is 5.92 Å². The Kier molecular flexibility index (Phi) is 3.78. The molecule has 1 saturated carbocycles. The Hall–Kier alpha value is -1.42. The van der Waals surface area contributed by atoms with Crippen LogP contribution in [0, 0.1) is 5.92 Å². The van der Waals surface area contributed by atoms with E-state index in [4.69, 9.17) is 0 Å². The van der Waals surface area contributed by atoms with Crippen LogP contribution in [0.1, 0.15) is 31.2 Å². The van der Waals surface area contributed by atoms with Crippen LogP contribution in [-0.2, 0) is 11.3 Å². The van der Waals surface area contributed by atoms with Crippen LogP contribution in [0.2, 0.25) is 0 Å². The zero-order chi connectivity index (χ0) is 13.1. The Morgan fingerprint density at radius 2 is 2.11 bits per heavy atom. The molecule has 2 fully saturated rings. The summed E-state index contributed by atoms with van der Waals surface area (Å²) in [6, 6.07) is 4.48. The summed E-state index contributed by atoms with van der Waals surface area (Å²) in [6.45, 7) is 2.64. The Labute approximate surface area is 114 Å². The number of carbonyl (C=O) groups is 1. The molecule has 2 heterocycles. The highest BCUT2D eigenvalue weighted by molar-refractivity contribution is 5.79. The highest BCUT2D eigenvalue weighted by Gasteiger charge is 2.36. The predicted molar refractivity (Wildman–Crippen MR) is 73.4 cm³/mol. The van der Waals surface area contributed by atoms with E-state index in [1.54, 1.807) is 12.4 Å². The van der Waals surface area contributed by atoms with Gasteiger partial charge in [-0.1, -0.05) is 0 Å². The molecule has 0 radical (unpaired) electrons. The first-order chi connectivity index (χ1) is 9.34. The van der Waals surface area contributed by atoms with Crippen molar-refractivity contribution in [3.05, 3.63) is 30.1 Å². The molecule has 19 heavy (non-hydrogen) atoms. The van der Waals surface area contributed by atoms with Gasteiger partial charge in [-0.25, -0.2) is 0 Å². The third-order valence-electron chi connectivity index (χ3n) is 4.02. The van der Waals surface area contributed by atoms with Crippen LogP contribution < -0.4 is 5.32 Å². The summed E-state index contributed by atoms with van der Waals surface area (Å²) in [5.41, 5.74) is 1.18. The number of pyridine rings is 1. The van der Waals surface area contributed by atoms with Gasteiger partial charge in [0.2, 0.25) is 5.91 Å². The SMILES string of the molecule is O=C(C1CCCNC1)N(Cc1ccncc1)C1CC1. The fourth-order valence-corrected chi connectivity index (χ4v) is 2.76. The van der Waals surface area contributed by atoms with Gasteiger partial charge < -0.3 is 10.2 Å². The van der Waals surface area contributed by atoms with Crippen LogP contribution in [0.4, 0.5) is 0 Å². The fourth-order valence-electron chi connectivity index (χ4n) is 2.76. The Morgan fingerprint density at radius 1 is 1.32 bits per heavy atom. The molecule has 1 atom stereocenters. The van der Waals surface area contributed by atoms with Crippen LogP contribution in [0.15, 0.2) is 24.5 Å². The molecule has 1 saturated heterocycles. The van der Waals surface area contributed by atoms with Crippen LogP contribution in [0.3, 0.4) is 0 Å². The van der Waals surface area contributed by atoms with Gasteiger partial charge in [0, 0.05) is 31.5 Å². The second-order valence-corrected chi connectivity index (χ2v) is 5.60. The van der Waals surface area contributed by atoms with Gasteiger partial charge in [-0.05, 0) is 49.9 Å². The van der Waals surface area contributed by atoms with Crippen LogP contribution >= 0.6 is 0 Å². The van der Waals surface area contributed by atoms with Gasteiger partial charge in [0.1, 0.15) is 0 Å². The van der Waals surface area contributed by atoms with E-state index in [-0.39, 0.29) is 5.92 Å². The second-order valence-electron chi connectivity index (χ2n) is 5.60. The van der Waals surface area contributed by atoms with Crippen molar-refractivity contribution in [2.75, 3.05) is 13.1 Å². The molecule has 1 N–H and O–H groups in total. The molecule has 1 aromatic rings. The standard InChI is InChI=1S/C15H21N3O/c19-15(13-2-1-7-17-10-13)18(14-3-4-14)11-12-5-8-16-9-6-12/h5-6,8-9,13-14,17H,1-4,7,10-11H2. The maximum atomic E-state index is 12.7. The van der Waals surface area contributed by atoms with Gasteiger partial charge >= 0.3 is 0 Å². The first kappa shape index (κ1) is 12.6. The molecule has 3 rings (SSSR count). The number of nitrogens with zero attached hydrogens (tertiary/aromatic N) is 2. The van der Waals surface area contributed by atoms with Crippen LogP contribution in [0.25, 0.3) is 0 Å². The summed E-state index contributed by atoms with van der Waals surface area (Å²) in [5.74, 6) is 0.516. The maximum absolute atomic E-state index is 12.7. The number of hydrogen-bond donors (Lipinski definition) is 1. The topological polar surface area (TPSA) is 45.2 Å². The number of hydrogen-bond acceptors (Lipinski definition) is 3. The van der Waals surface area contributed by atoms with Crippen LogP contribution in [0.5, 0.6) is 0 Å². The average molecular weight is 259 g/mol. The summed E-state index contributed by atoms with van der Waals surface area (Å²) >= 11 is 0. The van der Waals surface area contributed by atoms with Gasteiger partial charge in [0.15, 0.2) is 0 Å². The molecular weight excluding hydrogens is 238 g/mol. The van der Waals surface area contributed by atoms with E-state index >= 15 is 0 Å². The zero-order valence-corrected chi connectivity index (χ0v) is 11.2. The third kappa shape index (κ3) is 3.13. The molecule has 0 bridgehead atoms. The Balaban J connectivity index is 1.68. The van der Waals surface area contributed by atoms with E-state index in [1.807, 2.05) is 12.1 Å². The monoisotopic (exact) mass is 259 g/mol. The van der Waals surface area contributed by atoms with E-state index in [2.05, 4.69) is 15.2 Å². The molecule has 0 aromatic carbocycles. The number of carbonyl (C=O) groups excluding carboxylic acids is 1. The van der Waals surface area contributed by atoms with Crippen molar-refractivity contribution in [3.63, 3.8) is 0 Å². The number of amides is 1. The largest absolute Gasteiger partial charge is 0.335 e. The van der Waals surface area contributed by atoms with E-state index < -0.39 is 0 Å². The number of aromatic nitrogens is 1. The minimum absolute atomic E-state index is 0.177. The molecule has 4 nitrogen and oxygen atoms in total. The van der Waals surface area contributed by atoms with Gasteiger partial charge in [0.05, 0.1) is 5.92 Å². The van der Waals surface area contributed by atoms with Gasteiger partial charge in [-0.3, -0.25) is 9.78 Å². The van der Waals surface area contributed by atoms with E-state index in [1.165, 1.54) is 5.56 Å². The summed E-state index contributed by atoms with van der Waals surface area (Å²) in [7, 11) is 0. The van der Waals surface area contributed by atoms with Gasteiger partial charge in [-0.15, -0.1) is 0 Å². The van der Waals surface area contributed by atoms with Crippen molar-refractivity contribution in [2.45, 2.75) is 38.3 Å². The first-order valence-corrected chi connectivity index (χ1v) is 7.24. The predicted octanol–water partition coefficient (Wildman–Crippen LogP) is 1.57. The van der Waals surface area contributed by atoms with Gasteiger partial charge in [-0.2, -0.15) is 0 Å². The zero-order valence-electron chi connectivity index (χ0n) is 11.2. The highest BCUT2D eigenvalue weighted by atomic mass is 16.2. The lowest BCUT2D eigenvalue weighted by molar-refractivity contribution is -0.137. The normalized spacial score (nSPS) is 23.1. The molecule has 1 aromatic heterocycles. The maximum Gasteiger partial charge on any atom is 0.227 e. The minimum Gasteiger partial charge on any atom is -0.335 e. The molecule has 102 valence electrons. The van der Waals surface area contributed by atoms with Crippen molar-refractivity contribution in [3.8, 4) is 0 Å². The second kappa shape index (κ2) is 5.70. The lowest BCUT2D eigenvalue weighted by atomic mass is 9.97. The van der Waals surface area contributed by atoms with Gasteiger partial charge in [0.25, 0.3) is 0 Å². The molecule has 1 aliphatic carbocycles. The Morgan fingerprint density at radius 3 is 2.74 bits per heavy atom. The minimum atomic E-state index is 0.177. The quantitative estimate of drug-likeness (QED) is 0.892. The molecule has 2 aliphatic rings. The van der Waals surface area contributed by atoms with Crippen molar-refractivity contribution < 1.29 is 4.79 Å². The first-order valence-electron chi connectivity index (χ1n) is 7.24. The molecule has 1 aliphatic heterocycles.